The van der Waals surface area contributed by atoms with E-state index in [1.165, 1.54) is 4.31 Å². The van der Waals surface area contributed by atoms with Crippen molar-refractivity contribution < 1.29 is 13.2 Å². The van der Waals surface area contributed by atoms with Gasteiger partial charge in [0.05, 0.1) is 12.3 Å². The number of rotatable bonds is 11. The number of sulfonamides is 1. The highest BCUT2D eigenvalue weighted by Gasteiger charge is 2.23. The number of aryl methyl sites for hydroxylation is 1. The summed E-state index contributed by atoms with van der Waals surface area (Å²) in [7, 11) is -3.51. The molecule has 0 aliphatic heterocycles. The normalized spacial score (nSPS) is 11.7. The number of carbonyl (C=O) groups excluding carboxylic acids is 1. The fraction of sp³-hybridized carbons (Fsp3) is 0.611. The quantitative estimate of drug-likeness (QED) is 0.621. The predicted octanol–water partition coefficient (Wildman–Crippen LogP) is 2.71. The fourth-order valence-corrected chi connectivity index (χ4v) is 3.96. The van der Waals surface area contributed by atoms with Crippen LogP contribution < -0.4 is 5.32 Å². The summed E-state index contributed by atoms with van der Waals surface area (Å²) >= 11 is 0. The van der Waals surface area contributed by atoms with E-state index in [0.717, 1.165) is 36.8 Å². The fourth-order valence-electron chi connectivity index (χ4n) is 2.47. The number of likely N-dealkylation sites (N-methyl/N-ethyl adjacent to an activating group) is 1. The molecule has 5 nitrogen and oxygen atoms in total. The second-order valence-corrected chi connectivity index (χ2v) is 7.88. The number of nitrogens with zero attached hydrogens (tertiary/aromatic N) is 1. The zero-order valence-corrected chi connectivity index (χ0v) is 15.9. The van der Waals surface area contributed by atoms with E-state index in [4.69, 9.17) is 0 Å². The first-order valence-electron chi connectivity index (χ1n) is 8.75. The molecule has 6 heteroatoms. The van der Waals surface area contributed by atoms with Crippen LogP contribution in [0, 0.1) is 0 Å². The molecule has 0 bridgehead atoms. The molecule has 0 aliphatic rings. The average Bonchev–Trinajstić information content (AvgIpc) is 2.56. The molecule has 1 rings (SSSR count). The number of hydrogen-bond donors (Lipinski definition) is 1. The maximum absolute atomic E-state index is 12.6. The summed E-state index contributed by atoms with van der Waals surface area (Å²) in [5.74, 6) is -0.309. The molecule has 136 valence electrons. The van der Waals surface area contributed by atoms with E-state index in [1.807, 2.05) is 31.2 Å². The Bertz CT molecular complexity index is 614. The zero-order chi connectivity index (χ0) is 18.0. The van der Waals surface area contributed by atoms with Gasteiger partial charge in [0.15, 0.2) is 0 Å². The lowest BCUT2D eigenvalue weighted by Gasteiger charge is -2.20. The first-order chi connectivity index (χ1) is 11.4. The van der Waals surface area contributed by atoms with E-state index in [0.29, 0.717) is 6.54 Å². The molecule has 0 saturated carbocycles. The van der Waals surface area contributed by atoms with Crippen LogP contribution in [0.3, 0.4) is 0 Å². The van der Waals surface area contributed by atoms with Gasteiger partial charge in [-0.2, -0.15) is 4.31 Å². The van der Waals surface area contributed by atoms with E-state index in [-0.39, 0.29) is 24.7 Å². The van der Waals surface area contributed by atoms with Crippen molar-refractivity contribution >= 4 is 15.9 Å². The molecule has 1 N–H and O–H groups in total. The molecule has 0 saturated heterocycles. The summed E-state index contributed by atoms with van der Waals surface area (Å²) in [5.41, 5.74) is 1.87. The van der Waals surface area contributed by atoms with Gasteiger partial charge in [-0.25, -0.2) is 8.42 Å². The molecule has 0 heterocycles. The molecule has 24 heavy (non-hydrogen) atoms. The van der Waals surface area contributed by atoms with E-state index in [1.54, 1.807) is 6.92 Å². The van der Waals surface area contributed by atoms with Crippen molar-refractivity contribution in [3.05, 3.63) is 35.4 Å². The van der Waals surface area contributed by atoms with Crippen LogP contribution in [0.5, 0.6) is 0 Å². The van der Waals surface area contributed by atoms with Crippen molar-refractivity contribution in [1.29, 1.82) is 0 Å². The number of carbonyl (C=O) groups is 1. The molecule has 0 aromatic heterocycles. The minimum absolute atomic E-state index is 0.0716. The standard InChI is InChI=1S/C18H30N2O3S/c1-4-7-8-12-19-18(21)14-20(6-3)24(22,23)15-17-11-9-10-16(5-2)13-17/h9-11,13H,4-8,12,14-15H2,1-3H3,(H,19,21). The summed E-state index contributed by atoms with van der Waals surface area (Å²) in [6.45, 7) is 6.67. The van der Waals surface area contributed by atoms with Gasteiger partial charge in [-0.3, -0.25) is 4.79 Å². The predicted molar refractivity (Wildman–Crippen MR) is 98.2 cm³/mol. The zero-order valence-electron chi connectivity index (χ0n) is 15.0. The van der Waals surface area contributed by atoms with Gasteiger partial charge in [0, 0.05) is 13.1 Å². The van der Waals surface area contributed by atoms with Crippen LogP contribution in [0.4, 0.5) is 0 Å². The smallest absolute Gasteiger partial charge is 0.235 e. The van der Waals surface area contributed by atoms with E-state index in [9.17, 15) is 13.2 Å². The molecule has 1 aromatic rings. The van der Waals surface area contributed by atoms with Crippen LogP contribution in [0.15, 0.2) is 24.3 Å². The Balaban J connectivity index is 2.65. The molecule has 0 unspecified atom stereocenters. The number of nitrogens with one attached hydrogen (secondary N) is 1. The van der Waals surface area contributed by atoms with Gasteiger partial charge >= 0.3 is 0 Å². The van der Waals surface area contributed by atoms with Crippen LogP contribution in [-0.4, -0.2) is 38.3 Å². The summed E-state index contributed by atoms with van der Waals surface area (Å²) in [5, 5.41) is 2.79. The molecular formula is C18H30N2O3S. The van der Waals surface area contributed by atoms with Crippen LogP contribution >= 0.6 is 0 Å². The van der Waals surface area contributed by atoms with E-state index >= 15 is 0 Å². The Morgan fingerprint density at radius 2 is 1.83 bits per heavy atom. The Kier molecular flexibility index (Phi) is 9.00. The van der Waals surface area contributed by atoms with Crippen molar-refractivity contribution in [1.82, 2.24) is 9.62 Å². The lowest BCUT2D eigenvalue weighted by atomic mass is 10.1. The topological polar surface area (TPSA) is 66.5 Å². The van der Waals surface area contributed by atoms with Crippen molar-refractivity contribution in [2.75, 3.05) is 19.6 Å². The van der Waals surface area contributed by atoms with Gasteiger partial charge in [0.1, 0.15) is 0 Å². The minimum atomic E-state index is -3.51. The van der Waals surface area contributed by atoms with Crippen molar-refractivity contribution in [2.24, 2.45) is 0 Å². The largest absolute Gasteiger partial charge is 0.355 e. The number of hydrogen-bond acceptors (Lipinski definition) is 3. The Morgan fingerprint density at radius 1 is 1.12 bits per heavy atom. The number of benzene rings is 1. The highest BCUT2D eigenvalue weighted by molar-refractivity contribution is 7.88. The lowest BCUT2D eigenvalue weighted by Crippen LogP contribution is -2.41. The van der Waals surface area contributed by atoms with Crippen LogP contribution in [0.2, 0.25) is 0 Å². The second-order valence-electron chi connectivity index (χ2n) is 5.91. The van der Waals surface area contributed by atoms with Gasteiger partial charge in [-0.15, -0.1) is 0 Å². The number of unbranched alkanes of at least 4 members (excludes halogenated alkanes) is 2. The molecule has 0 atom stereocenters. The third kappa shape index (κ3) is 7.01. The monoisotopic (exact) mass is 354 g/mol. The summed E-state index contributed by atoms with van der Waals surface area (Å²) in [4.78, 5) is 12.0. The van der Waals surface area contributed by atoms with Crippen LogP contribution in [0.1, 0.15) is 51.2 Å². The molecular weight excluding hydrogens is 324 g/mol. The lowest BCUT2D eigenvalue weighted by molar-refractivity contribution is -0.121. The third-order valence-corrected chi connectivity index (χ3v) is 5.79. The molecule has 1 amide bonds. The Hall–Kier alpha value is -1.40. The minimum Gasteiger partial charge on any atom is -0.355 e. The molecule has 0 fully saturated rings. The Labute approximate surface area is 146 Å². The third-order valence-electron chi connectivity index (χ3n) is 3.92. The summed E-state index contributed by atoms with van der Waals surface area (Å²) < 4.78 is 26.4. The number of amides is 1. The van der Waals surface area contributed by atoms with E-state index < -0.39 is 10.0 Å². The maximum Gasteiger partial charge on any atom is 0.235 e. The SMILES string of the molecule is CCCCCNC(=O)CN(CC)S(=O)(=O)Cc1cccc(CC)c1. The van der Waals surface area contributed by atoms with Gasteiger partial charge in [-0.05, 0) is 24.0 Å². The summed E-state index contributed by atoms with van der Waals surface area (Å²) in [6, 6.07) is 7.59. The Morgan fingerprint density at radius 3 is 2.46 bits per heavy atom. The van der Waals surface area contributed by atoms with Gasteiger partial charge in [-0.1, -0.05) is 57.9 Å². The van der Waals surface area contributed by atoms with Gasteiger partial charge in [0.2, 0.25) is 15.9 Å². The first-order valence-corrected chi connectivity index (χ1v) is 10.4. The second kappa shape index (κ2) is 10.5. The van der Waals surface area contributed by atoms with Crippen molar-refractivity contribution in [3.8, 4) is 0 Å². The highest BCUT2D eigenvalue weighted by atomic mass is 32.2. The van der Waals surface area contributed by atoms with Crippen LogP contribution in [-0.2, 0) is 27.0 Å². The van der Waals surface area contributed by atoms with Crippen molar-refractivity contribution in [3.63, 3.8) is 0 Å². The first kappa shape index (κ1) is 20.6. The molecule has 0 radical (unpaired) electrons. The average molecular weight is 355 g/mol. The van der Waals surface area contributed by atoms with Gasteiger partial charge in [0.25, 0.3) is 0 Å². The van der Waals surface area contributed by atoms with Crippen molar-refractivity contribution in [2.45, 2.75) is 52.2 Å². The van der Waals surface area contributed by atoms with Gasteiger partial charge < -0.3 is 5.32 Å². The highest BCUT2D eigenvalue weighted by Crippen LogP contribution is 2.13. The van der Waals surface area contributed by atoms with E-state index in [2.05, 4.69) is 12.2 Å². The molecule has 0 spiro atoms. The van der Waals surface area contributed by atoms with Crippen LogP contribution in [0.25, 0.3) is 0 Å². The summed E-state index contributed by atoms with van der Waals surface area (Å²) in [6.07, 6.45) is 3.93. The maximum atomic E-state index is 12.6. The molecule has 1 aromatic carbocycles. The molecule has 0 aliphatic carbocycles.